The largest absolute Gasteiger partial charge is 0.462 e. The van der Waals surface area contributed by atoms with Crippen molar-refractivity contribution in [3.8, 4) is 6.07 Å². The van der Waals surface area contributed by atoms with E-state index in [0.717, 1.165) is 0 Å². The number of nitrogens with one attached hydrogen (secondary N) is 1. The van der Waals surface area contributed by atoms with Crippen LogP contribution in [0.2, 0.25) is 0 Å². The van der Waals surface area contributed by atoms with Gasteiger partial charge in [0.05, 0.1) is 23.2 Å². The van der Waals surface area contributed by atoms with Gasteiger partial charge in [0, 0.05) is 19.5 Å². The summed E-state index contributed by atoms with van der Waals surface area (Å²) in [6, 6.07) is 5.99. The molecule has 0 saturated carbocycles. The molecule has 19 heavy (non-hydrogen) atoms. The van der Waals surface area contributed by atoms with Gasteiger partial charge in [-0.05, 0) is 18.6 Å². The van der Waals surface area contributed by atoms with Crippen LogP contribution in [0.5, 0.6) is 0 Å². The van der Waals surface area contributed by atoms with Gasteiger partial charge in [0.15, 0.2) is 0 Å². The van der Waals surface area contributed by atoms with Gasteiger partial charge in [-0.1, -0.05) is 0 Å². The molecule has 1 aromatic carbocycles. The predicted molar refractivity (Wildman–Crippen MR) is 67.8 cm³/mol. The third-order valence-corrected chi connectivity index (χ3v) is 2.37. The van der Waals surface area contributed by atoms with E-state index in [1.54, 1.807) is 7.05 Å². The molecule has 0 heterocycles. The Morgan fingerprint density at radius 2 is 2.32 bits per heavy atom. The highest BCUT2D eigenvalue weighted by molar-refractivity contribution is 5.91. The summed E-state index contributed by atoms with van der Waals surface area (Å²) in [6.07, 6.45) is 0.741. The molecule has 0 atom stereocenters. The first-order valence-electron chi connectivity index (χ1n) is 5.60. The van der Waals surface area contributed by atoms with Crippen molar-refractivity contribution < 1.29 is 14.5 Å². The monoisotopic (exact) mass is 263 g/mol. The number of rotatable bonds is 6. The number of carbonyl (C=O) groups is 1. The maximum Gasteiger partial charge on any atom is 0.338 e. The minimum atomic E-state index is -0.635. The molecule has 7 nitrogen and oxygen atoms in total. The quantitative estimate of drug-likeness (QED) is 0.364. The fourth-order valence-electron chi connectivity index (χ4n) is 1.42. The molecule has 7 heteroatoms. The third kappa shape index (κ3) is 3.96. The Morgan fingerprint density at radius 1 is 1.58 bits per heavy atom. The number of esters is 1. The summed E-state index contributed by atoms with van der Waals surface area (Å²) < 4.78 is 4.91. The summed E-state index contributed by atoms with van der Waals surface area (Å²) in [5.41, 5.74) is 0.252. The third-order valence-electron chi connectivity index (χ3n) is 2.37. The van der Waals surface area contributed by atoms with Crippen LogP contribution in [0, 0.1) is 21.4 Å². The SMILES string of the molecule is CNc1ccc(C(=O)OCCCC#N)cc1[N+](=O)[O-]. The van der Waals surface area contributed by atoms with E-state index in [1.165, 1.54) is 18.2 Å². The number of anilines is 1. The van der Waals surface area contributed by atoms with Crippen molar-refractivity contribution in [2.75, 3.05) is 19.0 Å². The molecule has 1 N–H and O–H groups in total. The number of hydrogen-bond acceptors (Lipinski definition) is 6. The second-order valence-electron chi connectivity index (χ2n) is 3.64. The summed E-state index contributed by atoms with van der Waals surface area (Å²) in [5, 5.41) is 21.8. The Bertz CT molecular complexity index is 522. The number of hydrogen-bond donors (Lipinski definition) is 1. The highest BCUT2D eigenvalue weighted by atomic mass is 16.6. The predicted octanol–water partition coefficient (Wildman–Crippen LogP) is 2.10. The summed E-state index contributed by atoms with van der Waals surface area (Å²) in [7, 11) is 1.56. The van der Waals surface area contributed by atoms with Crippen molar-refractivity contribution in [2.45, 2.75) is 12.8 Å². The molecule has 0 aliphatic carbocycles. The van der Waals surface area contributed by atoms with Crippen molar-refractivity contribution >= 4 is 17.3 Å². The van der Waals surface area contributed by atoms with Crippen molar-refractivity contribution in [3.63, 3.8) is 0 Å². The van der Waals surface area contributed by atoms with Gasteiger partial charge >= 0.3 is 5.97 Å². The van der Waals surface area contributed by atoms with Crippen LogP contribution in [0.3, 0.4) is 0 Å². The Labute approximate surface area is 109 Å². The molecule has 0 amide bonds. The second-order valence-corrected chi connectivity index (χ2v) is 3.64. The number of unbranched alkanes of at least 4 members (excludes halogenated alkanes) is 1. The van der Waals surface area contributed by atoms with Crippen LogP contribution in [0.15, 0.2) is 18.2 Å². The molecule has 0 spiro atoms. The summed E-state index contributed by atoms with van der Waals surface area (Å²) >= 11 is 0. The van der Waals surface area contributed by atoms with Gasteiger partial charge < -0.3 is 10.1 Å². The summed E-state index contributed by atoms with van der Waals surface area (Å²) in [5.74, 6) is -0.635. The normalized spacial score (nSPS) is 9.47. The standard InChI is InChI=1S/C12H13N3O4/c1-14-10-5-4-9(8-11(10)15(17)18)12(16)19-7-3-2-6-13/h4-5,8,14H,2-3,7H2,1H3. The minimum Gasteiger partial charge on any atom is -0.462 e. The van der Waals surface area contributed by atoms with E-state index < -0.39 is 10.9 Å². The number of nitro benzene ring substituents is 1. The van der Waals surface area contributed by atoms with Crippen molar-refractivity contribution in [1.82, 2.24) is 0 Å². The Hall–Kier alpha value is -2.62. The Balaban J connectivity index is 2.78. The molecule has 1 aromatic rings. The van der Waals surface area contributed by atoms with E-state index in [2.05, 4.69) is 5.32 Å². The molecule has 0 fully saturated rings. The number of carbonyl (C=O) groups excluding carboxylic acids is 1. The average Bonchev–Trinajstić information content (AvgIpc) is 2.42. The molecule has 0 saturated heterocycles. The molecular weight excluding hydrogens is 250 g/mol. The molecule has 100 valence electrons. The zero-order chi connectivity index (χ0) is 14.3. The van der Waals surface area contributed by atoms with Crippen LogP contribution in [0.4, 0.5) is 11.4 Å². The number of benzene rings is 1. The lowest BCUT2D eigenvalue weighted by Gasteiger charge is -2.06. The van der Waals surface area contributed by atoms with Crippen LogP contribution >= 0.6 is 0 Å². The zero-order valence-corrected chi connectivity index (χ0v) is 10.4. The molecule has 0 unspecified atom stereocenters. The van der Waals surface area contributed by atoms with E-state index in [0.29, 0.717) is 18.5 Å². The summed E-state index contributed by atoms with van der Waals surface area (Å²) in [4.78, 5) is 21.9. The van der Waals surface area contributed by atoms with Crippen LogP contribution in [0.25, 0.3) is 0 Å². The lowest BCUT2D eigenvalue weighted by atomic mass is 10.1. The fraction of sp³-hybridized carbons (Fsp3) is 0.333. The van der Waals surface area contributed by atoms with Gasteiger partial charge in [-0.25, -0.2) is 4.79 Å². The highest BCUT2D eigenvalue weighted by Gasteiger charge is 2.17. The lowest BCUT2D eigenvalue weighted by molar-refractivity contribution is -0.384. The average molecular weight is 263 g/mol. The highest BCUT2D eigenvalue weighted by Crippen LogP contribution is 2.25. The number of nitro groups is 1. The van der Waals surface area contributed by atoms with Gasteiger partial charge in [-0.2, -0.15) is 5.26 Å². The van der Waals surface area contributed by atoms with Crippen molar-refractivity contribution in [2.24, 2.45) is 0 Å². The van der Waals surface area contributed by atoms with Crippen LogP contribution in [-0.2, 0) is 4.74 Å². The van der Waals surface area contributed by atoms with Crippen molar-refractivity contribution in [3.05, 3.63) is 33.9 Å². The molecule has 0 aliphatic heterocycles. The summed E-state index contributed by atoms with van der Waals surface area (Å²) in [6.45, 7) is 0.119. The molecule has 0 radical (unpaired) electrons. The van der Waals surface area contributed by atoms with E-state index in [9.17, 15) is 14.9 Å². The number of nitrogens with zero attached hydrogens (tertiary/aromatic N) is 2. The molecule has 0 bridgehead atoms. The fourth-order valence-corrected chi connectivity index (χ4v) is 1.42. The maximum atomic E-state index is 11.6. The molecule has 0 aromatic heterocycles. The molecular formula is C12H13N3O4. The van der Waals surface area contributed by atoms with Crippen LogP contribution < -0.4 is 5.32 Å². The van der Waals surface area contributed by atoms with Crippen LogP contribution in [0.1, 0.15) is 23.2 Å². The minimum absolute atomic E-state index is 0.114. The van der Waals surface area contributed by atoms with E-state index in [4.69, 9.17) is 10.00 Å². The van der Waals surface area contributed by atoms with Gasteiger partial charge in [0.25, 0.3) is 5.69 Å². The maximum absolute atomic E-state index is 11.6. The number of ether oxygens (including phenoxy) is 1. The Morgan fingerprint density at radius 3 is 2.89 bits per heavy atom. The first kappa shape index (κ1) is 14.4. The first-order chi connectivity index (χ1) is 9.10. The van der Waals surface area contributed by atoms with E-state index in [-0.39, 0.29) is 17.9 Å². The van der Waals surface area contributed by atoms with Gasteiger partial charge in [-0.15, -0.1) is 0 Å². The molecule has 0 aliphatic rings. The first-order valence-corrected chi connectivity index (χ1v) is 5.60. The van der Waals surface area contributed by atoms with Gasteiger partial charge in [-0.3, -0.25) is 10.1 Å². The van der Waals surface area contributed by atoms with Crippen LogP contribution in [-0.4, -0.2) is 24.5 Å². The van der Waals surface area contributed by atoms with Gasteiger partial charge in [0.1, 0.15) is 5.69 Å². The smallest absolute Gasteiger partial charge is 0.338 e. The zero-order valence-electron chi connectivity index (χ0n) is 10.4. The van der Waals surface area contributed by atoms with Crippen molar-refractivity contribution in [1.29, 1.82) is 5.26 Å². The molecule has 1 rings (SSSR count). The van der Waals surface area contributed by atoms with Gasteiger partial charge in [0.2, 0.25) is 0 Å². The lowest BCUT2D eigenvalue weighted by Crippen LogP contribution is -2.07. The second kappa shape index (κ2) is 6.96. The van der Waals surface area contributed by atoms with E-state index in [1.807, 2.05) is 6.07 Å². The Kier molecular flexibility index (Phi) is 5.29. The topological polar surface area (TPSA) is 105 Å². The number of nitriles is 1. The van der Waals surface area contributed by atoms with E-state index >= 15 is 0 Å².